The average Bonchev–Trinajstić information content (AvgIpc) is 3.72. The number of aromatic nitrogens is 2. The Kier molecular flexibility index (Phi) is 5.68. The molecule has 190 valence electrons. The van der Waals surface area contributed by atoms with Crippen LogP contribution in [0.1, 0.15) is 12.8 Å². The van der Waals surface area contributed by atoms with Gasteiger partial charge in [-0.15, -0.1) is 0 Å². The quantitative estimate of drug-likeness (QED) is 0.531. The zero-order chi connectivity index (χ0) is 25.0. The summed E-state index contributed by atoms with van der Waals surface area (Å²) in [5.74, 6) is -2.54. The van der Waals surface area contributed by atoms with Crippen molar-refractivity contribution >= 4 is 45.4 Å². The van der Waals surface area contributed by atoms with Crippen LogP contribution in [0.4, 0.5) is 31.7 Å². The third-order valence-corrected chi connectivity index (χ3v) is 7.37. The first-order chi connectivity index (χ1) is 17.3. The number of anilines is 4. The molecule has 6 rings (SSSR count). The summed E-state index contributed by atoms with van der Waals surface area (Å²) in [4.78, 5) is 19.6. The molecule has 1 atom stereocenters. The van der Waals surface area contributed by atoms with Crippen LogP contribution in [0.3, 0.4) is 0 Å². The summed E-state index contributed by atoms with van der Waals surface area (Å²) in [6, 6.07) is 6.22. The molecular weight excluding hydrogens is 492 g/mol. The number of morpholine rings is 1. The number of aryl methyl sites for hydroxylation is 1. The smallest absolute Gasteiger partial charge is 0.301 e. The minimum absolute atomic E-state index is 0.0819. The van der Waals surface area contributed by atoms with Crippen molar-refractivity contribution in [3.63, 3.8) is 0 Å². The molecule has 1 unspecified atom stereocenters. The van der Waals surface area contributed by atoms with Crippen molar-refractivity contribution in [3.05, 3.63) is 45.8 Å². The molecule has 3 aromatic rings. The van der Waals surface area contributed by atoms with Crippen molar-refractivity contribution in [2.24, 2.45) is 13.0 Å². The number of pyridine rings is 2. The second-order valence-electron chi connectivity index (χ2n) is 9.56. The number of rotatable bonds is 4. The Morgan fingerprint density at radius 2 is 2.00 bits per heavy atom. The van der Waals surface area contributed by atoms with Crippen molar-refractivity contribution in [2.75, 3.05) is 48.4 Å². The monoisotopic (exact) mass is 517 g/mol. The zero-order valence-corrected chi connectivity index (χ0v) is 20.4. The fourth-order valence-electron chi connectivity index (χ4n) is 4.93. The maximum absolute atomic E-state index is 14.9. The summed E-state index contributed by atoms with van der Waals surface area (Å²) in [5, 5.41) is 7.39. The van der Waals surface area contributed by atoms with E-state index in [-0.39, 0.29) is 11.7 Å². The third kappa shape index (κ3) is 4.12. The van der Waals surface area contributed by atoms with E-state index < -0.39 is 24.1 Å². The molecule has 4 heterocycles. The predicted molar refractivity (Wildman–Crippen MR) is 135 cm³/mol. The Bertz CT molecular complexity index is 1390. The van der Waals surface area contributed by atoms with Gasteiger partial charge in [0.05, 0.1) is 47.4 Å². The van der Waals surface area contributed by atoms with Crippen LogP contribution < -0.4 is 25.8 Å². The second-order valence-corrected chi connectivity index (χ2v) is 9.96. The van der Waals surface area contributed by atoms with Crippen LogP contribution in [0.5, 0.6) is 5.75 Å². The largest absolute Gasteiger partial charge is 0.480 e. The fraction of sp³-hybridized carbons (Fsp3) is 0.440. The van der Waals surface area contributed by atoms with E-state index in [0.717, 1.165) is 31.7 Å². The molecule has 1 saturated heterocycles. The van der Waals surface area contributed by atoms with Crippen LogP contribution in [0, 0.1) is 5.92 Å². The summed E-state index contributed by atoms with van der Waals surface area (Å²) in [6.07, 6.45) is 3.05. The Morgan fingerprint density at radius 1 is 1.22 bits per heavy atom. The summed E-state index contributed by atoms with van der Waals surface area (Å²) in [6.45, 7) is 1.92. The van der Waals surface area contributed by atoms with Gasteiger partial charge in [-0.2, -0.15) is 0 Å². The van der Waals surface area contributed by atoms with Crippen LogP contribution in [-0.4, -0.2) is 54.4 Å². The number of halogens is 3. The molecule has 8 nitrogen and oxygen atoms in total. The number of benzene rings is 1. The molecule has 1 saturated carbocycles. The summed E-state index contributed by atoms with van der Waals surface area (Å²) in [7, 11) is 1.61. The van der Waals surface area contributed by atoms with Gasteiger partial charge in [0.25, 0.3) is 5.56 Å². The highest BCUT2D eigenvalue weighted by Gasteiger charge is 2.51. The predicted octanol–water partition coefficient (Wildman–Crippen LogP) is 4.39. The van der Waals surface area contributed by atoms with E-state index in [1.54, 1.807) is 19.3 Å². The van der Waals surface area contributed by atoms with Gasteiger partial charge >= 0.3 is 5.92 Å². The molecule has 2 aromatic heterocycles. The van der Waals surface area contributed by atoms with Crippen LogP contribution >= 0.6 is 11.6 Å². The van der Waals surface area contributed by atoms with Crippen LogP contribution in [0.15, 0.2) is 35.3 Å². The standard InChI is InChI=1S/C25H26ClF2N5O3/c1-32-19-5-4-15(30-18-11-20(29-12-17(18)26)33-6-8-35-9-7-33)10-16(19)21-22(24(32)34)36-13-25(27,28)23(31-21)14-2-3-14/h4-5,10-12,14,23,31H,2-3,6-9,13H2,1H3,(H,29,30). The van der Waals surface area contributed by atoms with E-state index >= 15 is 0 Å². The number of nitrogens with zero attached hydrogens (tertiary/aromatic N) is 3. The van der Waals surface area contributed by atoms with E-state index in [9.17, 15) is 13.6 Å². The Hall–Kier alpha value is -3.11. The van der Waals surface area contributed by atoms with Gasteiger partial charge < -0.3 is 29.6 Å². The van der Waals surface area contributed by atoms with Gasteiger partial charge in [-0.3, -0.25) is 4.79 Å². The lowest BCUT2D eigenvalue weighted by atomic mass is 10.0. The van der Waals surface area contributed by atoms with E-state index in [1.165, 1.54) is 4.57 Å². The van der Waals surface area contributed by atoms with E-state index in [2.05, 4.69) is 20.5 Å². The van der Waals surface area contributed by atoms with Crippen LogP contribution in [0.25, 0.3) is 10.9 Å². The summed E-state index contributed by atoms with van der Waals surface area (Å²) < 4.78 is 42.0. The molecule has 11 heteroatoms. The Morgan fingerprint density at radius 3 is 2.75 bits per heavy atom. The van der Waals surface area contributed by atoms with Crippen molar-refractivity contribution in [2.45, 2.75) is 24.8 Å². The summed E-state index contributed by atoms with van der Waals surface area (Å²) in [5.41, 5.74) is 1.81. The minimum atomic E-state index is -3.09. The molecule has 3 aliphatic rings. The first-order valence-electron chi connectivity index (χ1n) is 12.0. The van der Waals surface area contributed by atoms with Crippen molar-refractivity contribution in [1.29, 1.82) is 0 Å². The second kappa shape index (κ2) is 8.77. The average molecular weight is 518 g/mol. The Labute approximate surface area is 211 Å². The molecule has 2 aliphatic heterocycles. The molecule has 1 aromatic carbocycles. The molecule has 36 heavy (non-hydrogen) atoms. The summed E-state index contributed by atoms with van der Waals surface area (Å²) >= 11 is 6.45. The minimum Gasteiger partial charge on any atom is -0.480 e. The van der Waals surface area contributed by atoms with Crippen LogP contribution in [0.2, 0.25) is 5.02 Å². The topological polar surface area (TPSA) is 80.7 Å². The highest BCUT2D eigenvalue weighted by atomic mass is 35.5. The first kappa shape index (κ1) is 23.3. The first-order valence-corrected chi connectivity index (χ1v) is 12.4. The molecule has 2 N–H and O–H groups in total. The van der Waals surface area contributed by atoms with Gasteiger partial charge in [0.2, 0.25) is 5.75 Å². The lowest BCUT2D eigenvalue weighted by Gasteiger charge is -2.28. The van der Waals surface area contributed by atoms with Crippen molar-refractivity contribution in [1.82, 2.24) is 9.55 Å². The maximum atomic E-state index is 14.9. The highest BCUT2D eigenvalue weighted by molar-refractivity contribution is 6.33. The van der Waals surface area contributed by atoms with Gasteiger partial charge in [-0.25, -0.2) is 13.8 Å². The molecule has 0 radical (unpaired) electrons. The van der Waals surface area contributed by atoms with Crippen LogP contribution in [-0.2, 0) is 11.8 Å². The van der Waals surface area contributed by atoms with Gasteiger partial charge in [0.15, 0.2) is 6.61 Å². The lowest BCUT2D eigenvalue weighted by molar-refractivity contribution is -0.0579. The van der Waals surface area contributed by atoms with Gasteiger partial charge in [-0.1, -0.05) is 11.6 Å². The highest BCUT2D eigenvalue weighted by Crippen LogP contribution is 2.45. The molecule has 2 fully saturated rings. The number of nitrogens with one attached hydrogen (secondary N) is 2. The Balaban J connectivity index is 1.40. The van der Waals surface area contributed by atoms with E-state index in [4.69, 9.17) is 21.1 Å². The number of ether oxygens (including phenoxy) is 2. The molecule has 1 aliphatic carbocycles. The molecule has 0 bridgehead atoms. The number of hydrogen-bond donors (Lipinski definition) is 2. The number of fused-ring (bicyclic) bond motifs is 3. The normalized spacial score (nSPS) is 21.3. The van der Waals surface area contributed by atoms with Gasteiger partial charge in [0.1, 0.15) is 5.82 Å². The van der Waals surface area contributed by atoms with Gasteiger partial charge in [0, 0.05) is 37.3 Å². The molecule has 0 amide bonds. The molecule has 0 spiro atoms. The lowest BCUT2D eigenvalue weighted by Crippen LogP contribution is -2.44. The third-order valence-electron chi connectivity index (χ3n) is 7.07. The number of hydrogen-bond acceptors (Lipinski definition) is 7. The zero-order valence-electron chi connectivity index (χ0n) is 19.7. The fourth-order valence-corrected chi connectivity index (χ4v) is 5.08. The molecular formula is C25H26ClF2N5O3. The maximum Gasteiger partial charge on any atom is 0.301 e. The SMILES string of the molecule is Cn1c(=O)c2c(c3cc(Nc4cc(N5CCOCC5)ncc4Cl)ccc31)NC(C1CC1)C(F)(F)CO2. The number of alkyl halides is 2. The van der Waals surface area contributed by atoms with Gasteiger partial charge in [-0.05, 0) is 37.0 Å². The van der Waals surface area contributed by atoms with Crippen molar-refractivity contribution < 1.29 is 18.3 Å². The van der Waals surface area contributed by atoms with E-state index in [1.807, 2.05) is 18.2 Å². The van der Waals surface area contributed by atoms with Crippen molar-refractivity contribution in [3.8, 4) is 5.75 Å². The van der Waals surface area contributed by atoms with E-state index in [0.29, 0.717) is 46.2 Å².